The molecule has 0 radical (unpaired) electrons. The second kappa shape index (κ2) is 3.54. The molecule has 0 saturated heterocycles. The minimum atomic E-state index is 0.105. The maximum absolute atomic E-state index is 11.1. The van der Waals surface area contributed by atoms with Gasteiger partial charge >= 0.3 is 0 Å². The van der Waals surface area contributed by atoms with Crippen molar-refractivity contribution in [3.8, 4) is 0 Å². The van der Waals surface area contributed by atoms with Crippen LogP contribution < -0.4 is 0 Å². The third kappa shape index (κ3) is 2.06. The molecule has 0 aliphatic carbocycles. The molecule has 0 heterocycles. The van der Waals surface area contributed by atoms with Crippen molar-refractivity contribution >= 4 is 21.7 Å². The molecular weight excluding hydrogens is 204 g/mol. The summed E-state index contributed by atoms with van der Waals surface area (Å²) < 4.78 is 0.824. The molecule has 1 aromatic rings. The fourth-order valence-electron chi connectivity index (χ4n) is 0.720. The number of carbonyl (C=O) groups excluding carboxylic acids is 1. The zero-order chi connectivity index (χ0) is 8.27. The molecule has 2 heteroatoms. The van der Waals surface area contributed by atoms with Gasteiger partial charge in [-0.1, -0.05) is 19.1 Å². The van der Waals surface area contributed by atoms with Gasteiger partial charge in [0.05, 0.1) is 10.0 Å². The first-order valence-corrected chi connectivity index (χ1v) is 4.16. The number of rotatable bonds is 2. The zero-order valence-electron chi connectivity index (χ0n) is 6.15. The van der Waals surface area contributed by atoms with Crippen LogP contribution in [0.2, 0.25) is 0 Å². The van der Waals surface area contributed by atoms with E-state index in [1.54, 1.807) is 12.1 Å². The summed E-state index contributed by atoms with van der Waals surface area (Å²) in [7, 11) is 0. The maximum atomic E-state index is 11.1. The van der Waals surface area contributed by atoms with Crippen LogP contribution in [0.25, 0.3) is 0 Å². The van der Waals surface area contributed by atoms with E-state index in [1.807, 2.05) is 6.92 Å². The highest BCUT2D eigenvalue weighted by Crippen LogP contribution is 2.06. The summed E-state index contributed by atoms with van der Waals surface area (Å²) in [6.07, 6.45) is 0.520. The average molecular weight is 211 g/mol. The van der Waals surface area contributed by atoms with E-state index in [2.05, 4.69) is 28.1 Å². The van der Waals surface area contributed by atoms with Crippen molar-refractivity contribution in [2.75, 3.05) is 0 Å². The molecule has 11 heavy (non-hydrogen) atoms. The smallest absolute Gasteiger partial charge is 0.170 e. The van der Waals surface area contributed by atoms with Gasteiger partial charge in [0.15, 0.2) is 5.78 Å². The van der Waals surface area contributed by atoms with E-state index < -0.39 is 0 Å². The Morgan fingerprint density at radius 3 is 2.73 bits per heavy atom. The van der Waals surface area contributed by atoms with Gasteiger partial charge < -0.3 is 0 Å². The van der Waals surface area contributed by atoms with Crippen molar-refractivity contribution in [3.05, 3.63) is 34.3 Å². The van der Waals surface area contributed by atoms with Crippen LogP contribution in [0.5, 0.6) is 0 Å². The second-order valence-corrected chi connectivity index (χ2v) is 2.98. The Hall–Kier alpha value is -0.810. The number of carbonyl (C=O) groups is 1. The molecule has 0 bridgehead atoms. The first-order chi connectivity index (χ1) is 5.24. The predicted octanol–water partition coefficient (Wildman–Crippen LogP) is 2.64. The van der Waals surface area contributed by atoms with Crippen LogP contribution in [0, 0.1) is 12.1 Å². The third-order valence-corrected chi connectivity index (χ3v) is 1.80. The lowest BCUT2D eigenvalue weighted by Crippen LogP contribution is -1.93. The van der Waals surface area contributed by atoms with Crippen LogP contribution in [0.3, 0.4) is 0 Å². The summed E-state index contributed by atoms with van der Waals surface area (Å²) in [6.45, 7) is 1.83. The molecular formula is C9H7BrO. The fourth-order valence-corrected chi connectivity index (χ4v) is 0.951. The molecule has 0 unspecified atom stereocenters. The minimum absolute atomic E-state index is 0.105. The molecule has 1 aromatic carbocycles. The van der Waals surface area contributed by atoms with Crippen molar-refractivity contribution in [2.45, 2.75) is 13.3 Å². The fraction of sp³-hybridized carbons (Fsp3) is 0.222. The van der Waals surface area contributed by atoms with Gasteiger partial charge in [-0.05, 0) is 28.1 Å². The summed E-state index contributed by atoms with van der Waals surface area (Å²) in [5.74, 6) is 0.105. The molecule has 0 fully saturated rings. The minimum Gasteiger partial charge on any atom is -0.293 e. The van der Waals surface area contributed by atoms with Crippen LogP contribution >= 0.6 is 15.9 Å². The number of Topliss-reactive ketones (excluding diaryl/α,β-unsaturated/α-hetero) is 1. The summed E-state index contributed by atoms with van der Waals surface area (Å²) in [5, 5.41) is 0. The van der Waals surface area contributed by atoms with Crippen LogP contribution in [-0.4, -0.2) is 5.78 Å². The Labute approximate surface area is 74.6 Å². The van der Waals surface area contributed by atoms with Crippen LogP contribution in [-0.2, 0) is 0 Å². The van der Waals surface area contributed by atoms with E-state index in [1.165, 1.54) is 0 Å². The zero-order valence-corrected chi connectivity index (χ0v) is 7.73. The average Bonchev–Trinajstić information content (AvgIpc) is 2.05. The first-order valence-electron chi connectivity index (χ1n) is 3.36. The normalized spacial score (nSPS) is 8.91. The lowest BCUT2D eigenvalue weighted by molar-refractivity contribution is 0.0988. The van der Waals surface area contributed by atoms with E-state index >= 15 is 0 Å². The van der Waals surface area contributed by atoms with Gasteiger partial charge in [0.1, 0.15) is 0 Å². The molecule has 0 N–H and O–H groups in total. The van der Waals surface area contributed by atoms with Crippen molar-refractivity contribution < 1.29 is 4.79 Å². The van der Waals surface area contributed by atoms with Gasteiger partial charge in [-0.2, -0.15) is 0 Å². The van der Waals surface area contributed by atoms with Crippen molar-refractivity contribution in [3.63, 3.8) is 0 Å². The Morgan fingerprint density at radius 1 is 1.55 bits per heavy atom. The third-order valence-electron chi connectivity index (χ3n) is 1.33. The lowest BCUT2D eigenvalue weighted by atomic mass is 10.1. The highest BCUT2D eigenvalue weighted by atomic mass is 79.9. The van der Waals surface area contributed by atoms with Gasteiger partial charge in [-0.25, -0.2) is 0 Å². The molecule has 1 rings (SSSR count). The Balaban J connectivity index is 2.90. The van der Waals surface area contributed by atoms with Crippen molar-refractivity contribution in [1.82, 2.24) is 0 Å². The quantitative estimate of drug-likeness (QED) is 0.687. The summed E-state index contributed by atoms with van der Waals surface area (Å²) in [5.41, 5.74) is 0.607. The van der Waals surface area contributed by atoms with E-state index in [-0.39, 0.29) is 5.78 Å². The van der Waals surface area contributed by atoms with Crippen molar-refractivity contribution in [1.29, 1.82) is 0 Å². The summed E-state index contributed by atoms with van der Waals surface area (Å²) in [6, 6.07) is 9.09. The predicted molar refractivity (Wildman–Crippen MR) is 46.4 cm³/mol. The molecule has 1 nitrogen and oxygen atoms in total. The topological polar surface area (TPSA) is 17.1 Å². The lowest BCUT2D eigenvalue weighted by Gasteiger charge is -1.90. The monoisotopic (exact) mass is 210 g/mol. The highest BCUT2D eigenvalue weighted by Gasteiger charge is 1.99. The molecule has 0 atom stereocenters. The Morgan fingerprint density at radius 2 is 2.27 bits per heavy atom. The number of hydrogen-bond acceptors (Lipinski definition) is 1. The molecule has 0 amide bonds. The SMILES string of the molecule is CCC(=O)c1c#cc(Br)cc1. The molecule has 0 spiro atoms. The van der Waals surface area contributed by atoms with E-state index in [4.69, 9.17) is 0 Å². The molecule has 0 aliphatic rings. The highest BCUT2D eigenvalue weighted by molar-refractivity contribution is 9.10. The maximum Gasteiger partial charge on any atom is 0.170 e. The van der Waals surface area contributed by atoms with E-state index in [0.717, 1.165) is 4.47 Å². The summed E-state index contributed by atoms with van der Waals surface area (Å²) >= 11 is 3.22. The summed E-state index contributed by atoms with van der Waals surface area (Å²) in [4.78, 5) is 11.1. The van der Waals surface area contributed by atoms with Crippen molar-refractivity contribution in [2.24, 2.45) is 0 Å². The second-order valence-electron chi connectivity index (χ2n) is 2.12. The number of halogens is 1. The van der Waals surface area contributed by atoms with Gasteiger partial charge in [0.25, 0.3) is 0 Å². The Bertz CT molecular complexity index is 251. The van der Waals surface area contributed by atoms with E-state index in [9.17, 15) is 4.79 Å². The van der Waals surface area contributed by atoms with Crippen LogP contribution in [0.4, 0.5) is 0 Å². The van der Waals surface area contributed by atoms with Crippen LogP contribution in [0.15, 0.2) is 16.6 Å². The molecule has 56 valence electrons. The van der Waals surface area contributed by atoms with E-state index in [0.29, 0.717) is 12.0 Å². The van der Waals surface area contributed by atoms with Gasteiger partial charge in [-0.15, -0.1) is 0 Å². The molecule has 0 aromatic heterocycles. The van der Waals surface area contributed by atoms with Gasteiger partial charge in [0.2, 0.25) is 0 Å². The van der Waals surface area contributed by atoms with Gasteiger partial charge in [-0.3, -0.25) is 4.79 Å². The standard InChI is InChI=1S/C9H7BrO/c1-2-9(11)7-3-5-8(10)6-4-7/h3,5H,2H2,1H3. The molecule has 0 saturated carbocycles. The Kier molecular flexibility index (Phi) is 2.67. The van der Waals surface area contributed by atoms with Crippen LogP contribution in [0.1, 0.15) is 23.7 Å². The number of hydrogen-bond donors (Lipinski definition) is 0. The van der Waals surface area contributed by atoms with Gasteiger partial charge in [0, 0.05) is 6.42 Å². The first kappa shape index (κ1) is 8.29. The molecule has 0 aliphatic heterocycles. The number of ketones is 1. The largest absolute Gasteiger partial charge is 0.293 e.